The standard InChI is InChI=1S/C25H39N5O2/c1-9-30(18-13-24(4,5)28-25(6,7)14-18)21-12-10-11-19(16(21)2)22(31)26-15-20-17(3)29(8)27-23(20)32/h10-12,18,28H,9,13-15H2,1-8H3,(H,26,31)(H,27,32). The fraction of sp³-hybridized carbons (Fsp3) is 0.600. The molecule has 1 aliphatic heterocycles. The van der Waals surface area contributed by atoms with Crippen molar-refractivity contribution in [1.82, 2.24) is 20.4 Å². The number of nitrogens with zero attached hydrogens (tertiary/aromatic N) is 2. The summed E-state index contributed by atoms with van der Waals surface area (Å²) >= 11 is 0. The Bertz CT molecular complexity index is 1030. The number of aromatic nitrogens is 2. The lowest BCUT2D eigenvalue weighted by Crippen LogP contribution is -2.62. The normalized spacial score (nSPS) is 17.9. The van der Waals surface area contributed by atoms with Crippen molar-refractivity contribution in [3.05, 3.63) is 50.9 Å². The third-order valence-electron chi connectivity index (χ3n) is 6.72. The summed E-state index contributed by atoms with van der Waals surface area (Å²) in [5.74, 6) is -0.158. The van der Waals surface area contributed by atoms with E-state index < -0.39 is 0 Å². The summed E-state index contributed by atoms with van der Waals surface area (Å²) in [6.07, 6.45) is 2.08. The molecule has 0 radical (unpaired) electrons. The second-order valence-electron chi connectivity index (χ2n) is 10.4. The van der Waals surface area contributed by atoms with E-state index in [9.17, 15) is 9.59 Å². The van der Waals surface area contributed by atoms with Crippen LogP contribution in [0.25, 0.3) is 0 Å². The number of amides is 1. The lowest BCUT2D eigenvalue weighted by atomic mass is 9.78. The van der Waals surface area contributed by atoms with Crippen LogP contribution in [0.3, 0.4) is 0 Å². The first-order valence-electron chi connectivity index (χ1n) is 11.5. The molecule has 2 aromatic rings. The van der Waals surface area contributed by atoms with Gasteiger partial charge < -0.3 is 15.5 Å². The predicted molar refractivity (Wildman–Crippen MR) is 130 cm³/mol. The zero-order chi connectivity index (χ0) is 23.8. The highest BCUT2D eigenvalue weighted by molar-refractivity contribution is 5.97. The third kappa shape index (κ3) is 4.93. The maximum absolute atomic E-state index is 13.1. The summed E-state index contributed by atoms with van der Waals surface area (Å²) < 4.78 is 1.68. The molecule has 0 aliphatic carbocycles. The molecular formula is C25H39N5O2. The van der Waals surface area contributed by atoms with Crippen molar-refractivity contribution in [2.45, 2.75) is 85.0 Å². The molecule has 0 unspecified atom stereocenters. The molecule has 1 amide bonds. The molecule has 7 heteroatoms. The molecule has 1 aliphatic rings. The van der Waals surface area contributed by atoms with E-state index in [1.54, 1.807) is 11.7 Å². The quantitative estimate of drug-likeness (QED) is 0.642. The van der Waals surface area contributed by atoms with Gasteiger partial charge in [-0.05, 0) is 79.0 Å². The smallest absolute Gasteiger partial charge is 0.269 e. The lowest BCUT2D eigenvalue weighted by Gasteiger charge is -2.50. The Hall–Kier alpha value is -2.54. The predicted octanol–water partition coefficient (Wildman–Crippen LogP) is 3.40. The number of carbonyl (C=O) groups is 1. The number of anilines is 1. The van der Waals surface area contributed by atoms with Gasteiger partial charge in [0.25, 0.3) is 11.5 Å². The first-order chi connectivity index (χ1) is 14.8. The molecule has 2 heterocycles. The SMILES string of the molecule is CCN(c1cccc(C(=O)NCc2c(C)n(C)[nH]c2=O)c1C)C1CC(C)(C)NC(C)(C)C1. The Morgan fingerprint density at radius 3 is 2.34 bits per heavy atom. The Morgan fingerprint density at radius 1 is 1.19 bits per heavy atom. The molecular weight excluding hydrogens is 402 g/mol. The third-order valence-corrected chi connectivity index (χ3v) is 6.72. The number of H-pyrrole nitrogens is 1. The van der Waals surface area contributed by atoms with Crippen molar-refractivity contribution in [2.24, 2.45) is 7.05 Å². The number of hydrogen-bond acceptors (Lipinski definition) is 4. The van der Waals surface area contributed by atoms with Gasteiger partial charge in [0.15, 0.2) is 0 Å². The second-order valence-corrected chi connectivity index (χ2v) is 10.4. The minimum Gasteiger partial charge on any atom is -0.368 e. The molecule has 0 saturated carbocycles. The highest BCUT2D eigenvalue weighted by atomic mass is 16.2. The molecule has 1 saturated heterocycles. The zero-order valence-electron chi connectivity index (χ0n) is 20.8. The van der Waals surface area contributed by atoms with Gasteiger partial charge in [-0.2, -0.15) is 0 Å². The van der Waals surface area contributed by atoms with Gasteiger partial charge in [-0.3, -0.25) is 19.4 Å². The van der Waals surface area contributed by atoms with E-state index in [2.05, 4.69) is 61.3 Å². The molecule has 0 atom stereocenters. The fourth-order valence-corrected chi connectivity index (χ4v) is 5.44. The minimum atomic E-state index is -0.163. The van der Waals surface area contributed by atoms with Gasteiger partial charge in [0.1, 0.15) is 0 Å². The van der Waals surface area contributed by atoms with Crippen molar-refractivity contribution in [2.75, 3.05) is 11.4 Å². The van der Waals surface area contributed by atoms with Crippen LogP contribution in [0, 0.1) is 13.8 Å². The number of piperidine rings is 1. The number of benzene rings is 1. The summed E-state index contributed by atoms with van der Waals surface area (Å²) in [4.78, 5) is 27.6. The van der Waals surface area contributed by atoms with Crippen molar-refractivity contribution >= 4 is 11.6 Å². The maximum atomic E-state index is 13.1. The minimum absolute atomic E-state index is 0.0450. The maximum Gasteiger partial charge on any atom is 0.269 e. The van der Waals surface area contributed by atoms with Crippen molar-refractivity contribution < 1.29 is 4.79 Å². The first-order valence-corrected chi connectivity index (χ1v) is 11.5. The van der Waals surface area contributed by atoms with Crippen LogP contribution in [0.2, 0.25) is 0 Å². The van der Waals surface area contributed by atoms with Gasteiger partial charge in [0.2, 0.25) is 0 Å². The average Bonchev–Trinajstić information content (AvgIpc) is 2.91. The van der Waals surface area contributed by atoms with Gasteiger partial charge >= 0.3 is 0 Å². The van der Waals surface area contributed by atoms with E-state index in [0.29, 0.717) is 17.2 Å². The fourth-order valence-electron chi connectivity index (χ4n) is 5.44. The summed E-state index contributed by atoms with van der Waals surface area (Å²) in [6, 6.07) is 6.32. The van der Waals surface area contributed by atoms with Crippen LogP contribution in [-0.2, 0) is 13.6 Å². The number of carbonyl (C=O) groups excluding carboxylic acids is 1. The van der Waals surface area contributed by atoms with Crippen LogP contribution in [0.5, 0.6) is 0 Å². The van der Waals surface area contributed by atoms with Crippen molar-refractivity contribution in [1.29, 1.82) is 0 Å². The van der Waals surface area contributed by atoms with E-state index in [4.69, 9.17) is 0 Å². The number of nitrogens with one attached hydrogen (secondary N) is 3. The van der Waals surface area contributed by atoms with Gasteiger partial charge in [0, 0.05) is 47.7 Å². The molecule has 0 spiro atoms. The Labute approximate surface area is 191 Å². The Balaban J connectivity index is 1.85. The molecule has 1 fully saturated rings. The molecule has 32 heavy (non-hydrogen) atoms. The van der Waals surface area contributed by atoms with E-state index in [1.807, 2.05) is 26.0 Å². The topological polar surface area (TPSA) is 82.2 Å². The monoisotopic (exact) mass is 441 g/mol. The number of aromatic amines is 1. The number of rotatable bonds is 6. The van der Waals surface area contributed by atoms with Gasteiger partial charge in [-0.1, -0.05) is 6.07 Å². The number of aryl methyl sites for hydroxylation is 1. The van der Waals surface area contributed by atoms with Crippen LogP contribution in [0.1, 0.15) is 74.6 Å². The highest BCUT2D eigenvalue weighted by Gasteiger charge is 2.40. The van der Waals surface area contributed by atoms with E-state index in [0.717, 1.165) is 36.3 Å². The van der Waals surface area contributed by atoms with Crippen molar-refractivity contribution in [3.63, 3.8) is 0 Å². The first kappa shape index (κ1) is 24.1. The van der Waals surface area contributed by atoms with Crippen LogP contribution in [-0.4, -0.2) is 39.4 Å². The van der Waals surface area contributed by atoms with Gasteiger partial charge in [0.05, 0.1) is 12.1 Å². The van der Waals surface area contributed by atoms with Crippen molar-refractivity contribution in [3.8, 4) is 0 Å². The molecule has 0 bridgehead atoms. The molecule has 176 valence electrons. The van der Waals surface area contributed by atoms with Gasteiger partial charge in [-0.15, -0.1) is 0 Å². The molecule has 1 aromatic carbocycles. The summed E-state index contributed by atoms with van der Waals surface area (Å²) in [5, 5.41) is 9.43. The summed E-state index contributed by atoms with van der Waals surface area (Å²) in [7, 11) is 1.79. The van der Waals surface area contributed by atoms with E-state index in [-0.39, 0.29) is 29.1 Å². The second kappa shape index (κ2) is 8.77. The molecule has 3 rings (SSSR count). The molecule has 7 nitrogen and oxygen atoms in total. The largest absolute Gasteiger partial charge is 0.368 e. The molecule has 1 aromatic heterocycles. The van der Waals surface area contributed by atoms with E-state index >= 15 is 0 Å². The van der Waals surface area contributed by atoms with Gasteiger partial charge in [-0.25, -0.2) is 0 Å². The highest BCUT2D eigenvalue weighted by Crippen LogP contribution is 2.35. The summed E-state index contributed by atoms with van der Waals surface area (Å²) in [6.45, 7) is 16.2. The van der Waals surface area contributed by atoms with Crippen LogP contribution in [0.15, 0.2) is 23.0 Å². The number of hydrogen-bond donors (Lipinski definition) is 3. The molecule has 3 N–H and O–H groups in total. The van der Waals surface area contributed by atoms with Crippen LogP contribution < -0.4 is 21.1 Å². The average molecular weight is 442 g/mol. The van der Waals surface area contributed by atoms with E-state index in [1.165, 1.54) is 0 Å². The Morgan fingerprint density at radius 2 is 1.81 bits per heavy atom. The van der Waals surface area contributed by atoms with Crippen LogP contribution >= 0.6 is 0 Å². The summed E-state index contributed by atoms with van der Waals surface area (Å²) in [5.41, 5.74) is 4.07. The lowest BCUT2D eigenvalue weighted by molar-refractivity contribution is 0.0950. The van der Waals surface area contributed by atoms with Crippen LogP contribution in [0.4, 0.5) is 5.69 Å². The Kier molecular flexibility index (Phi) is 6.61. The zero-order valence-corrected chi connectivity index (χ0v) is 20.8.